The van der Waals surface area contributed by atoms with E-state index in [2.05, 4.69) is 31.7 Å². The summed E-state index contributed by atoms with van der Waals surface area (Å²) in [5.41, 5.74) is 1.01. The molecule has 0 aliphatic carbocycles. The molecule has 0 aliphatic heterocycles. The molecule has 1 aromatic heterocycles. The van der Waals surface area contributed by atoms with E-state index in [1.54, 1.807) is 18.2 Å². The Kier molecular flexibility index (Phi) is 5.86. The number of halogens is 1. The fourth-order valence-corrected chi connectivity index (χ4v) is 2.62. The zero-order chi connectivity index (χ0) is 18.6. The van der Waals surface area contributed by atoms with Crippen LogP contribution in [0.4, 0.5) is 11.4 Å². The molecule has 0 aliphatic rings. The first-order chi connectivity index (χ1) is 11.8. The minimum atomic E-state index is -0.531. The molecule has 2 N–H and O–H groups in total. The summed E-state index contributed by atoms with van der Waals surface area (Å²) >= 11 is 3.31. The molecule has 25 heavy (non-hydrogen) atoms. The van der Waals surface area contributed by atoms with E-state index in [4.69, 9.17) is 0 Å². The molecule has 132 valence electrons. The van der Waals surface area contributed by atoms with Crippen molar-refractivity contribution in [1.29, 1.82) is 0 Å². The highest BCUT2D eigenvalue weighted by molar-refractivity contribution is 9.10. The molecule has 0 fully saturated rings. The van der Waals surface area contributed by atoms with E-state index in [9.17, 15) is 19.7 Å². The third-order valence-corrected chi connectivity index (χ3v) is 4.10. The number of rotatable bonds is 6. The number of carbonyl (C=O) groups excluding carboxylic acids is 2. The lowest BCUT2D eigenvalue weighted by molar-refractivity contribution is -0.386. The average Bonchev–Trinajstić information content (AvgIpc) is 2.81. The minimum absolute atomic E-state index is 0.112. The second kappa shape index (κ2) is 7.88. The number of amides is 2. The molecular formula is C15H16BrN5O4. The predicted octanol–water partition coefficient (Wildman–Crippen LogP) is 1.93. The number of para-hydroxylation sites is 1. The third-order valence-electron chi connectivity index (χ3n) is 3.41. The van der Waals surface area contributed by atoms with Crippen molar-refractivity contribution in [2.24, 2.45) is 0 Å². The van der Waals surface area contributed by atoms with E-state index in [0.29, 0.717) is 5.69 Å². The van der Waals surface area contributed by atoms with Gasteiger partial charge in [0.2, 0.25) is 11.8 Å². The summed E-state index contributed by atoms with van der Waals surface area (Å²) in [5, 5.41) is 20.1. The SMILES string of the molecule is Cc1nn(CC(=O)NCC(=O)Nc2ccccc2Br)c(C)c1[N+](=O)[O-]. The van der Waals surface area contributed by atoms with E-state index < -0.39 is 10.8 Å². The van der Waals surface area contributed by atoms with Crippen molar-refractivity contribution in [3.8, 4) is 0 Å². The van der Waals surface area contributed by atoms with Crippen LogP contribution < -0.4 is 10.6 Å². The first-order valence-electron chi connectivity index (χ1n) is 7.29. The molecule has 2 rings (SSSR count). The smallest absolute Gasteiger partial charge is 0.312 e. The van der Waals surface area contributed by atoms with Crippen LogP contribution in [0.25, 0.3) is 0 Å². The Bertz CT molecular complexity index is 833. The molecule has 0 atom stereocenters. The number of aryl methyl sites for hydroxylation is 1. The van der Waals surface area contributed by atoms with Gasteiger partial charge in [-0.3, -0.25) is 24.4 Å². The number of aromatic nitrogens is 2. The molecule has 2 aromatic rings. The number of nitrogens with zero attached hydrogens (tertiary/aromatic N) is 3. The van der Waals surface area contributed by atoms with Gasteiger partial charge in [-0.05, 0) is 41.9 Å². The number of carbonyl (C=O) groups is 2. The summed E-state index contributed by atoms with van der Waals surface area (Å²) in [6.45, 7) is 2.60. The average molecular weight is 410 g/mol. The van der Waals surface area contributed by atoms with E-state index >= 15 is 0 Å². The Morgan fingerprint density at radius 3 is 2.56 bits per heavy atom. The van der Waals surface area contributed by atoms with Crippen LogP contribution >= 0.6 is 15.9 Å². The quantitative estimate of drug-likeness (QED) is 0.557. The monoisotopic (exact) mass is 409 g/mol. The lowest BCUT2D eigenvalue weighted by Crippen LogP contribution is -2.35. The van der Waals surface area contributed by atoms with Crippen LogP contribution in [0.1, 0.15) is 11.4 Å². The van der Waals surface area contributed by atoms with Gasteiger partial charge in [0.05, 0.1) is 17.2 Å². The van der Waals surface area contributed by atoms with E-state index in [1.807, 2.05) is 6.07 Å². The fraction of sp³-hybridized carbons (Fsp3) is 0.267. The van der Waals surface area contributed by atoms with Crippen molar-refractivity contribution in [1.82, 2.24) is 15.1 Å². The van der Waals surface area contributed by atoms with Crippen LogP contribution in [0.15, 0.2) is 28.7 Å². The molecule has 0 saturated carbocycles. The maximum absolute atomic E-state index is 11.9. The Morgan fingerprint density at radius 1 is 1.28 bits per heavy atom. The summed E-state index contributed by atoms with van der Waals surface area (Å²) in [7, 11) is 0. The predicted molar refractivity (Wildman–Crippen MR) is 94.1 cm³/mol. The van der Waals surface area contributed by atoms with Gasteiger partial charge in [0, 0.05) is 4.47 Å². The molecule has 2 amide bonds. The van der Waals surface area contributed by atoms with E-state index in [1.165, 1.54) is 18.5 Å². The number of hydrogen-bond acceptors (Lipinski definition) is 5. The van der Waals surface area contributed by atoms with Crippen molar-refractivity contribution in [2.75, 3.05) is 11.9 Å². The first kappa shape index (κ1) is 18.6. The maximum Gasteiger partial charge on any atom is 0.312 e. The molecule has 0 radical (unpaired) electrons. The summed E-state index contributed by atoms with van der Waals surface area (Å²) in [6, 6.07) is 7.09. The van der Waals surface area contributed by atoms with Crippen LogP contribution in [0.2, 0.25) is 0 Å². The number of benzene rings is 1. The van der Waals surface area contributed by atoms with Crippen molar-refractivity contribution in [3.63, 3.8) is 0 Å². The van der Waals surface area contributed by atoms with E-state index in [-0.39, 0.29) is 36.1 Å². The molecule has 0 bridgehead atoms. The van der Waals surface area contributed by atoms with E-state index in [0.717, 1.165) is 4.47 Å². The molecule has 1 heterocycles. The standard InChI is InChI=1S/C15H16BrN5O4/c1-9-15(21(24)25)10(2)20(19-9)8-14(23)17-7-13(22)18-12-6-4-3-5-11(12)16/h3-6H,7-8H2,1-2H3,(H,17,23)(H,18,22). The van der Waals surface area contributed by atoms with Gasteiger partial charge in [0.15, 0.2) is 0 Å². The number of nitrogens with one attached hydrogen (secondary N) is 2. The lowest BCUT2D eigenvalue weighted by Gasteiger charge is -2.09. The molecule has 0 spiro atoms. The Labute approximate surface area is 151 Å². The van der Waals surface area contributed by atoms with Crippen molar-refractivity contribution >= 4 is 39.1 Å². The van der Waals surface area contributed by atoms with Gasteiger partial charge in [-0.15, -0.1) is 0 Å². The Balaban J connectivity index is 1.91. The van der Waals surface area contributed by atoms with Crippen molar-refractivity contribution < 1.29 is 14.5 Å². The molecule has 0 unspecified atom stereocenters. The Hall–Kier alpha value is -2.75. The molecule has 0 saturated heterocycles. The first-order valence-corrected chi connectivity index (χ1v) is 8.08. The molecular weight excluding hydrogens is 394 g/mol. The van der Waals surface area contributed by atoms with Crippen molar-refractivity contribution in [3.05, 3.63) is 50.2 Å². The second-order valence-corrected chi connectivity index (χ2v) is 6.09. The van der Waals surface area contributed by atoms with Crippen LogP contribution in [0.3, 0.4) is 0 Å². The zero-order valence-corrected chi connectivity index (χ0v) is 15.2. The Morgan fingerprint density at radius 2 is 1.96 bits per heavy atom. The molecule has 9 nitrogen and oxygen atoms in total. The highest BCUT2D eigenvalue weighted by Crippen LogP contribution is 2.22. The molecule has 10 heteroatoms. The third kappa shape index (κ3) is 4.63. The highest BCUT2D eigenvalue weighted by Gasteiger charge is 2.22. The fourth-order valence-electron chi connectivity index (χ4n) is 2.23. The lowest BCUT2D eigenvalue weighted by atomic mass is 10.3. The largest absolute Gasteiger partial charge is 0.345 e. The summed E-state index contributed by atoms with van der Waals surface area (Å²) < 4.78 is 1.97. The summed E-state index contributed by atoms with van der Waals surface area (Å²) in [6.07, 6.45) is 0. The molecule has 1 aromatic carbocycles. The van der Waals surface area contributed by atoms with Gasteiger partial charge in [-0.1, -0.05) is 12.1 Å². The number of hydrogen-bond donors (Lipinski definition) is 2. The van der Waals surface area contributed by atoms with Gasteiger partial charge in [0.1, 0.15) is 17.9 Å². The van der Waals surface area contributed by atoms with Gasteiger partial charge < -0.3 is 10.6 Å². The number of nitro groups is 1. The van der Waals surface area contributed by atoms with Crippen LogP contribution in [-0.2, 0) is 16.1 Å². The van der Waals surface area contributed by atoms with Crippen molar-refractivity contribution in [2.45, 2.75) is 20.4 Å². The van der Waals surface area contributed by atoms with Gasteiger partial charge in [-0.25, -0.2) is 0 Å². The van der Waals surface area contributed by atoms with Crippen LogP contribution in [-0.4, -0.2) is 33.1 Å². The van der Waals surface area contributed by atoms with Crippen LogP contribution in [0.5, 0.6) is 0 Å². The normalized spacial score (nSPS) is 10.4. The highest BCUT2D eigenvalue weighted by atomic mass is 79.9. The number of anilines is 1. The summed E-state index contributed by atoms with van der Waals surface area (Å²) in [4.78, 5) is 34.2. The minimum Gasteiger partial charge on any atom is -0.345 e. The van der Waals surface area contributed by atoms with Gasteiger partial charge >= 0.3 is 5.69 Å². The van der Waals surface area contributed by atoms with Gasteiger partial charge in [-0.2, -0.15) is 5.10 Å². The maximum atomic E-state index is 11.9. The van der Waals surface area contributed by atoms with Crippen LogP contribution in [0, 0.1) is 24.0 Å². The summed E-state index contributed by atoms with van der Waals surface area (Å²) in [5.74, 6) is -0.859. The zero-order valence-electron chi connectivity index (χ0n) is 13.6. The second-order valence-electron chi connectivity index (χ2n) is 5.24. The van der Waals surface area contributed by atoms with Gasteiger partial charge in [0.25, 0.3) is 0 Å². The topological polar surface area (TPSA) is 119 Å².